The molecule has 5 rings (SSSR count). The summed E-state index contributed by atoms with van der Waals surface area (Å²) in [5, 5.41) is 33.2. The van der Waals surface area contributed by atoms with Crippen molar-refractivity contribution in [2.45, 2.75) is 49.7 Å². The SMILES string of the molecule is OC[C@H]1O[C@@H](n2cnc3c(NCCCCC(c4ccccc4)c4ccccc4)ncnc32)[C@@H](O)[C@@H]1O. The Morgan fingerprint density at radius 1 is 0.889 bits per heavy atom. The van der Waals surface area contributed by atoms with Gasteiger partial charge in [0, 0.05) is 12.5 Å². The lowest BCUT2D eigenvalue weighted by molar-refractivity contribution is -0.0511. The Labute approximate surface area is 209 Å². The summed E-state index contributed by atoms with van der Waals surface area (Å²) in [7, 11) is 0. The van der Waals surface area contributed by atoms with Crippen molar-refractivity contribution in [1.82, 2.24) is 19.5 Å². The zero-order valence-electron chi connectivity index (χ0n) is 19.9. The van der Waals surface area contributed by atoms with Crippen molar-refractivity contribution in [3.63, 3.8) is 0 Å². The summed E-state index contributed by atoms with van der Waals surface area (Å²) in [5.74, 6) is 0.956. The minimum atomic E-state index is -1.20. The topological polar surface area (TPSA) is 126 Å². The maximum atomic E-state index is 10.4. The smallest absolute Gasteiger partial charge is 0.167 e. The van der Waals surface area contributed by atoms with E-state index in [2.05, 4.69) is 68.8 Å². The Bertz CT molecular complexity index is 1210. The van der Waals surface area contributed by atoms with Crippen molar-refractivity contribution in [2.75, 3.05) is 18.5 Å². The van der Waals surface area contributed by atoms with E-state index in [4.69, 9.17) is 4.74 Å². The van der Waals surface area contributed by atoms with Crippen LogP contribution in [-0.4, -0.2) is 66.3 Å². The number of fused-ring (bicyclic) bond motifs is 1. The molecular formula is C27H31N5O4. The van der Waals surface area contributed by atoms with Crippen LogP contribution in [0, 0.1) is 0 Å². The number of nitrogens with one attached hydrogen (secondary N) is 1. The van der Waals surface area contributed by atoms with Gasteiger partial charge in [0.25, 0.3) is 0 Å². The number of rotatable bonds is 10. The van der Waals surface area contributed by atoms with Crippen molar-refractivity contribution < 1.29 is 20.1 Å². The van der Waals surface area contributed by atoms with E-state index in [-0.39, 0.29) is 0 Å². The number of anilines is 1. The van der Waals surface area contributed by atoms with Gasteiger partial charge in [-0.2, -0.15) is 0 Å². The van der Waals surface area contributed by atoms with Gasteiger partial charge in [-0.25, -0.2) is 15.0 Å². The second-order valence-corrected chi connectivity index (χ2v) is 9.07. The molecule has 0 spiro atoms. The molecule has 2 aromatic heterocycles. The molecule has 9 nitrogen and oxygen atoms in total. The molecule has 1 saturated heterocycles. The lowest BCUT2D eigenvalue weighted by Crippen LogP contribution is -2.33. The predicted octanol–water partition coefficient (Wildman–Crippen LogP) is 2.85. The molecule has 3 heterocycles. The quantitative estimate of drug-likeness (QED) is 0.251. The maximum Gasteiger partial charge on any atom is 0.167 e. The van der Waals surface area contributed by atoms with Crippen LogP contribution in [-0.2, 0) is 4.74 Å². The predicted molar refractivity (Wildman–Crippen MR) is 135 cm³/mol. The average Bonchev–Trinajstić information content (AvgIpc) is 3.48. The highest BCUT2D eigenvalue weighted by Gasteiger charge is 2.44. The molecule has 0 radical (unpaired) electrons. The van der Waals surface area contributed by atoms with Crippen LogP contribution < -0.4 is 5.32 Å². The molecule has 2 aromatic carbocycles. The lowest BCUT2D eigenvalue weighted by Gasteiger charge is -2.18. The first-order valence-corrected chi connectivity index (χ1v) is 12.3. The zero-order chi connectivity index (χ0) is 24.9. The van der Waals surface area contributed by atoms with Gasteiger partial charge in [0.1, 0.15) is 24.6 Å². The Balaban J connectivity index is 1.22. The molecule has 4 aromatic rings. The number of hydrogen-bond acceptors (Lipinski definition) is 8. The molecule has 0 amide bonds. The van der Waals surface area contributed by atoms with Crippen molar-refractivity contribution >= 4 is 17.0 Å². The molecule has 188 valence electrons. The first kappa shape index (κ1) is 24.3. The monoisotopic (exact) mass is 489 g/mol. The molecule has 0 unspecified atom stereocenters. The van der Waals surface area contributed by atoms with Crippen LogP contribution in [0.5, 0.6) is 0 Å². The molecule has 1 aliphatic rings. The molecule has 0 saturated carbocycles. The Kier molecular flexibility index (Phi) is 7.52. The van der Waals surface area contributed by atoms with Gasteiger partial charge < -0.3 is 25.4 Å². The second kappa shape index (κ2) is 11.1. The largest absolute Gasteiger partial charge is 0.394 e. The van der Waals surface area contributed by atoms with Gasteiger partial charge in [0.05, 0.1) is 12.9 Å². The number of benzene rings is 2. The van der Waals surface area contributed by atoms with E-state index in [0.29, 0.717) is 22.9 Å². The highest BCUT2D eigenvalue weighted by atomic mass is 16.6. The molecule has 1 aliphatic heterocycles. The summed E-state index contributed by atoms with van der Waals surface area (Å²) in [6.45, 7) is 0.335. The second-order valence-electron chi connectivity index (χ2n) is 9.07. The maximum absolute atomic E-state index is 10.4. The zero-order valence-corrected chi connectivity index (χ0v) is 19.9. The van der Waals surface area contributed by atoms with E-state index < -0.39 is 31.1 Å². The van der Waals surface area contributed by atoms with Gasteiger partial charge in [0.15, 0.2) is 23.2 Å². The Hall–Kier alpha value is -3.37. The summed E-state index contributed by atoms with van der Waals surface area (Å²) >= 11 is 0. The van der Waals surface area contributed by atoms with Crippen LogP contribution in [0.2, 0.25) is 0 Å². The van der Waals surface area contributed by atoms with Gasteiger partial charge in [0.2, 0.25) is 0 Å². The number of aromatic nitrogens is 4. The van der Waals surface area contributed by atoms with Crippen LogP contribution in [0.25, 0.3) is 11.2 Å². The van der Waals surface area contributed by atoms with Crippen LogP contribution >= 0.6 is 0 Å². The van der Waals surface area contributed by atoms with Crippen molar-refractivity contribution in [3.05, 3.63) is 84.4 Å². The summed E-state index contributed by atoms with van der Waals surface area (Å²) < 4.78 is 7.19. The van der Waals surface area contributed by atoms with Crippen LogP contribution in [0.3, 0.4) is 0 Å². The molecule has 4 N–H and O–H groups in total. The summed E-state index contributed by atoms with van der Waals surface area (Å²) in [6, 6.07) is 21.2. The standard InChI is InChI=1S/C27H31N5O4/c33-15-21-23(34)24(35)27(36-21)32-17-31-22-25(29-16-30-26(22)32)28-14-8-7-13-20(18-9-3-1-4-10-18)19-11-5-2-6-12-19/h1-6,9-12,16-17,20-21,23-24,27,33-35H,7-8,13-15H2,(H,28,29,30)/t21-,23-,24+,27-/m1/s1. The summed E-state index contributed by atoms with van der Waals surface area (Å²) in [5.41, 5.74) is 3.69. The highest BCUT2D eigenvalue weighted by Crippen LogP contribution is 2.32. The molecule has 36 heavy (non-hydrogen) atoms. The number of ether oxygens (including phenoxy) is 1. The normalized spacial score (nSPS) is 21.9. The first-order valence-electron chi connectivity index (χ1n) is 12.3. The molecule has 0 aliphatic carbocycles. The highest BCUT2D eigenvalue weighted by molar-refractivity contribution is 5.82. The van der Waals surface area contributed by atoms with Gasteiger partial charge in [-0.3, -0.25) is 4.57 Å². The van der Waals surface area contributed by atoms with E-state index in [1.54, 1.807) is 4.57 Å². The van der Waals surface area contributed by atoms with Crippen LogP contribution in [0.15, 0.2) is 73.3 Å². The third kappa shape index (κ3) is 4.96. The fraction of sp³-hybridized carbons (Fsp3) is 0.370. The third-order valence-electron chi connectivity index (χ3n) is 6.77. The van der Waals surface area contributed by atoms with E-state index in [0.717, 1.165) is 25.8 Å². The number of imidazole rings is 1. The summed E-state index contributed by atoms with van der Waals surface area (Å²) in [4.78, 5) is 13.1. The number of nitrogens with zero attached hydrogens (tertiary/aromatic N) is 4. The Morgan fingerprint density at radius 2 is 1.58 bits per heavy atom. The minimum Gasteiger partial charge on any atom is -0.394 e. The van der Waals surface area contributed by atoms with Gasteiger partial charge >= 0.3 is 0 Å². The number of aliphatic hydroxyl groups is 3. The van der Waals surface area contributed by atoms with Crippen LogP contribution in [0.1, 0.15) is 42.5 Å². The molecule has 1 fully saturated rings. The number of unbranched alkanes of at least 4 members (excludes halogenated alkanes) is 1. The van der Waals surface area contributed by atoms with E-state index in [9.17, 15) is 15.3 Å². The number of hydrogen-bond donors (Lipinski definition) is 4. The van der Waals surface area contributed by atoms with Crippen molar-refractivity contribution in [3.8, 4) is 0 Å². The van der Waals surface area contributed by atoms with E-state index in [1.807, 2.05) is 12.1 Å². The van der Waals surface area contributed by atoms with E-state index >= 15 is 0 Å². The molecular weight excluding hydrogens is 458 g/mol. The minimum absolute atomic E-state index is 0.352. The van der Waals surface area contributed by atoms with Gasteiger partial charge in [-0.15, -0.1) is 0 Å². The fourth-order valence-electron chi connectivity index (χ4n) is 4.85. The molecule has 0 bridgehead atoms. The van der Waals surface area contributed by atoms with Crippen molar-refractivity contribution in [1.29, 1.82) is 0 Å². The molecule has 9 heteroatoms. The molecule has 4 atom stereocenters. The van der Waals surface area contributed by atoms with Gasteiger partial charge in [-0.05, 0) is 24.0 Å². The lowest BCUT2D eigenvalue weighted by atomic mass is 9.87. The Morgan fingerprint density at radius 3 is 2.22 bits per heavy atom. The fourth-order valence-corrected chi connectivity index (χ4v) is 4.85. The average molecular weight is 490 g/mol. The van der Waals surface area contributed by atoms with Gasteiger partial charge in [-0.1, -0.05) is 67.1 Å². The third-order valence-corrected chi connectivity index (χ3v) is 6.77. The number of aliphatic hydroxyl groups excluding tert-OH is 3. The summed E-state index contributed by atoms with van der Waals surface area (Å²) in [6.07, 6.45) is 1.83. The van der Waals surface area contributed by atoms with E-state index in [1.165, 1.54) is 23.8 Å². The van der Waals surface area contributed by atoms with Crippen LogP contribution in [0.4, 0.5) is 5.82 Å². The van der Waals surface area contributed by atoms with Crippen molar-refractivity contribution in [2.24, 2.45) is 0 Å². The first-order chi connectivity index (χ1) is 17.7.